The zero-order valence-corrected chi connectivity index (χ0v) is 8.80. The van der Waals surface area contributed by atoms with Crippen molar-refractivity contribution in [1.82, 2.24) is 9.97 Å². The van der Waals surface area contributed by atoms with Crippen LogP contribution in [0.4, 0.5) is 0 Å². The molecule has 2 heterocycles. The van der Waals surface area contributed by atoms with Gasteiger partial charge in [-0.05, 0) is 6.07 Å². The smallest absolute Gasteiger partial charge is 0.143 e. The fraction of sp³-hybridized carbons (Fsp3) is 0.111. The Bertz CT molecular complexity index is 487. The van der Waals surface area contributed by atoms with Crippen molar-refractivity contribution < 1.29 is 4.74 Å². The third-order valence-corrected chi connectivity index (χ3v) is 2.30. The van der Waals surface area contributed by atoms with Crippen LogP contribution in [-0.4, -0.2) is 17.1 Å². The Morgan fingerprint density at radius 1 is 1.36 bits per heavy atom. The third-order valence-electron chi connectivity index (χ3n) is 1.83. The lowest BCUT2D eigenvalue weighted by atomic mass is 10.2. The van der Waals surface area contributed by atoms with E-state index in [1.54, 1.807) is 25.4 Å². The summed E-state index contributed by atoms with van der Waals surface area (Å²) in [5.74, 6) is 0.643. The number of ether oxygens (including phenoxy) is 1. The highest BCUT2D eigenvalue weighted by atomic mass is 35.5. The molecule has 5 heteroatoms. The molecular weight excluding hydrogens is 223 g/mol. The van der Waals surface area contributed by atoms with Crippen LogP contribution in [0.25, 0.3) is 10.9 Å². The summed E-state index contributed by atoms with van der Waals surface area (Å²) < 4.78 is 5.14. The maximum Gasteiger partial charge on any atom is 0.143 e. The summed E-state index contributed by atoms with van der Waals surface area (Å²) in [6.45, 7) is 0. The largest absolute Gasteiger partial charge is 0.496 e. The van der Waals surface area contributed by atoms with E-state index in [0.717, 1.165) is 0 Å². The van der Waals surface area contributed by atoms with Crippen LogP contribution in [0.2, 0.25) is 10.3 Å². The van der Waals surface area contributed by atoms with Gasteiger partial charge >= 0.3 is 0 Å². The van der Waals surface area contributed by atoms with E-state index in [2.05, 4.69) is 9.97 Å². The van der Waals surface area contributed by atoms with E-state index in [1.807, 2.05) is 0 Å². The molecule has 2 aromatic rings. The van der Waals surface area contributed by atoms with Crippen molar-refractivity contribution in [3.8, 4) is 5.75 Å². The number of aromatic nitrogens is 2. The van der Waals surface area contributed by atoms with Gasteiger partial charge in [-0.25, -0.2) is 4.98 Å². The second-order valence-electron chi connectivity index (χ2n) is 2.64. The van der Waals surface area contributed by atoms with Crippen LogP contribution in [0, 0.1) is 0 Å². The fourth-order valence-corrected chi connectivity index (χ4v) is 1.75. The number of hydrogen-bond donors (Lipinski definition) is 0. The van der Waals surface area contributed by atoms with Crippen LogP contribution in [0.15, 0.2) is 18.3 Å². The highest BCUT2D eigenvalue weighted by Gasteiger charge is 2.08. The molecule has 0 fully saturated rings. The SMILES string of the molecule is COc1ccnc2cc(Cl)nc(Cl)c12. The molecule has 0 aliphatic carbocycles. The van der Waals surface area contributed by atoms with Crippen LogP contribution >= 0.6 is 23.2 Å². The molecule has 0 saturated heterocycles. The molecule has 14 heavy (non-hydrogen) atoms. The minimum Gasteiger partial charge on any atom is -0.496 e. The second-order valence-corrected chi connectivity index (χ2v) is 3.39. The molecule has 0 spiro atoms. The number of methoxy groups -OCH3 is 1. The van der Waals surface area contributed by atoms with Crippen LogP contribution in [0.5, 0.6) is 5.75 Å². The Hall–Kier alpha value is -1.06. The zero-order valence-electron chi connectivity index (χ0n) is 7.29. The third kappa shape index (κ3) is 1.49. The number of hydrogen-bond acceptors (Lipinski definition) is 3. The topological polar surface area (TPSA) is 35.0 Å². The van der Waals surface area contributed by atoms with Crippen molar-refractivity contribution in [3.63, 3.8) is 0 Å². The second kappa shape index (κ2) is 3.59. The van der Waals surface area contributed by atoms with Crippen molar-refractivity contribution in [2.24, 2.45) is 0 Å². The molecule has 2 aromatic heterocycles. The summed E-state index contributed by atoms with van der Waals surface area (Å²) in [6, 6.07) is 3.37. The molecule has 0 atom stereocenters. The van der Waals surface area contributed by atoms with Gasteiger partial charge in [0.05, 0.1) is 18.0 Å². The molecule has 0 aromatic carbocycles. The van der Waals surface area contributed by atoms with E-state index in [0.29, 0.717) is 27.0 Å². The monoisotopic (exact) mass is 228 g/mol. The van der Waals surface area contributed by atoms with Crippen molar-refractivity contribution in [1.29, 1.82) is 0 Å². The molecule has 0 unspecified atom stereocenters. The Balaban J connectivity index is 2.87. The first-order valence-corrected chi connectivity index (χ1v) is 4.62. The summed E-state index contributed by atoms with van der Waals surface area (Å²) in [4.78, 5) is 8.04. The average Bonchev–Trinajstić information content (AvgIpc) is 2.16. The molecule has 3 nitrogen and oxygen atoms in total. The quantitative estimate of drug-likeness (QED) is 0.705. The van der Waals surface area contributed by atoms with E-state index in [4.69, 9.17) is 27.9 Å². The molecule has 0 N–H and O–H groups in total. The van der Waals surface area contributed by atoms with Gasteiger partial charge in [-0.15, -0.1) is 0 Å². The first-order valence-electron chi connectivity index (χ1n) is 3.87. The minimum absolute atomic E-state index is 0.303. The van der Waals surface area contributed by atoms with Gasteiger partial charge in [0.15, 0.2) is 0 Å². The molecule has 0 saturated carbocycles. The minimum atomic E-state index is 0.303. The zero-order chi connectivity index (χ0) is 10.1. The summed E-state index contributed by atoms with van der Waals surface area (Å²) in [7, 11) is 1.57. The van der Waals surface area contributed by atoms with Gasteiger partial charge in [-0.2, -0.15) is 0 Å². The van der Waals surface area contributed by atoms with E-state index < -0.39 is 0 Å². The highest BCUT2D eigenvalue weighted by molar-refractivity contribution is 6.36. The standard InChI is InChI=1S/C9H6Cl2N2O/c1-14-6-2-3-12-5-4-7(10)13-9(11)8(5)6/h2-4H,1H3. The van der Waals surface area contributed by atoms with Gasteiger partial charge in [-0.3, -0.25) is 4.98 Å². The lowest BCUT2D eigenvalue weighted by Gasteiger charge is -2.05. The Morgan fingerprint density at radius 3 is 2.86 bits per heavy atom. The average molecular weight is 229 g/mol. The van der Waals surface area contributed by atoms with E-state index in [-0.39, 0.29) is 0 Å². The molecule has 0 amide bonds. The predicted molar refractivity (Wildman–Crippen MR) is 56.1 cm³/mol. The number of fused-ring (bicyclic) bond motifs is 1. The normalized spacial score (nSPS) is 10.5. The molecule has 0 aliphatic rings. The molecule has 0 aliphatic heterocycles. The molecule has 0 radical (unpaired) electrons. The number of rotatable bonds is 1. The molecular formula is C9H6Cl2N2O. The number of halogens is 2. The first-order chi connectivity index (χ1) is 6.72. The van der Waals surface area contributed by atoms with Crippen molar-refractivity contribution in [3.05, 3.63) is 28.6 Å². The van der Waals surface area contributed by atoms with E-state index in [9.17, 15) is 0 Å². The lowest BCUT2D eigenvalue weighted by Crippen LogP contribution is -1.89. The Morgan fingerprint density at radius 2 is 2.14 bits per heavy atom. The van der Waals surface area contributed by atoms with Crippen LogP contribution in [0.1, 0.15) is 0 Å². The summed E-state index contributed by atoms with van der Waals surface area (Å²) in [6.07, 6.45) is 1.63. The van der Waals surface area contributed by atoms with Gasteiger partial charge in [0.1, 0.15) is 16.1 Å². The summed E-state index contributed by atoms with van der Waals surface area (Å²) in [5.41, 5.74) is 0.675. The number of pyridine rings is 2. The highest BCUT2D eigenvalue weighted by Crippen LogP contribution is 2.30. The van der Waals surface area contributed by atoms with Crippen LogP contribution in [-0.2, 0) is 0 Å². The Kier molecular flexibility index (Phi) is 2.44. The van der Waals surface area contributed by atoms with Crippen molar-refractivity contribution in [2.75, 3.05) is 7.11 Å². The summed E-state index contributed by atoms with van der Waals surface area (Å²) in [5, 5.41) is 1.31. The fourth-order valence-electron chi connectivity index (χ4n) is 1.24. The van der Waals surface area contributed by atoms with Crippen LogP contribution < -0.4 is 4.74 Å². The van der Waals surface area contributed by atoms with Gasteiger partial charge in [0.2, 0.25) is 0 Å². The van der Waals surface area contributed by atoms with Crippen molar-refractivity contribution >= 4 is 34.1 Å². The lowest BCUT2D eigenvalue weighted by molar-refractivity contribution is 0.419. The first kappa shape index (κ1) is 9.49. The Labute approximate surface area is 90.6 Å². The molecule has 0 bridgehead atoms. The molecule has 72 valence electrons. The number of nitrogens with zero attached hydrogens (tertiary/aromatic N) is 2. The van der Waals surface area contributed by atoms with Crippen LogP contribution in [0.3, 0.4) is 0 Å². The van der Waals surface area contributed by atoms with Crippen molar-refractivity contribution in [2.45, 2.75) is 0 Å². The van der Waals surface area contributed by atoms with E-state index >= 15 is 0 Å². The maximum absolute atomic E-state index is 5.93. The van der Waals surface area contributed by atoms with E-state index in [1.165, 1.54) is 0 Å². The van der Waals surface area contributed by atoms with Gasteiger partial charge in [-0.1, -0.05) is 23.2 Å². The van der Waals surface area contributed by atoms with Gasteiger partial charge in [0.25, 0.3) is 0 Å². The molecule has 2 rings (SSSR count). The summed E-state index contributed by atoms with van der Waals surface area (Å²) >= 11 is 11.7. The predicted octanol–water partition coefficient (Wildman–Crippen LogP) is 2.95. The van der Waals surface area contributed by atoms with Gasteiger partial charge < -0.3 is 4.74 Å². The van der Waals surface area contributed by atoms with Gasteiger partial charge in [0, 0.05) is 12.3 Å². The maximum atomic E-state index is 5.93.